The standard InChI is InChI=1S/C28H28FN3O2/c29-24-13-11-22(12-14-24)20-32-27(34)25(19-21-7-3-1-4-8-21)30-28(32)15-17-31(18-16-28)26(33)23-9-5-2-6-10-23/h1-14,25,30H,15-20H2. The molecule has 1 atom stereocenters. The van der Waals surface area contributed by atoms with Crippen LogP contribution in [0.3, 0.4) is 0 Å². The van der Waals surface area contributed by atoms with Gasteiger partial charge in [-0.15, -0.1) is 0 Å². The van der Waals surface area contributed by atoms with Crippen molar-refractivity contribution in [1.82, 2.24) is 15.1 Å². The highest BCUT2D eigenvalue weighted by Crippen LogP contribution is 2.35. The second-order valence-corrected chi connectivity index (χ2v) is 9.13. The molecule has 5 rings (SSSR count). The molecule has 0 saturated carbocycles. The van der Waals surface area contributed by atoms with E-state index in [1.807, 2.05) is 70.5 Å². The molecule has 0 radical (unpaired) electrons. The van der Waals surface area contributed by atoms with Crippen LogP contribution in [0.2, 0.25) is 0 Å². The van der Waals surface area contributed by atoms with Gasteiger partial charge in [0.25, 0.3) is 5.91 Å². The Morgan fingerprint density at radius 1 is 0.882 bits per heavy atom. The molecule has 2 amide bonds. The number of halogens is 1. The third-order valence-electron chi connectivity index (χ3n) is 6.96. The number of piperidine rings is 1. The molecule has 2 heterocycles. The zero-order chi connectivity index (χ0) is 23.5. The first kappa shape index (κ1) is 22.3. The Morgan fingerprint density at radius 3 is 2.15 bits per heavy atom. The number of carbonyl (C=O) groups is 2. The van der Waals surface area contributed by atoms with Crippen molar-refractivity contribution in [3.8, 4) is 0 Å². The van der Waals surface area contributed by atoms with Crippen LogP contribution in [0.4, 0.5) is 4.39 Å². The predicted molar refractivity (Wildman–Crippen MR) is 128 cm³/mol. The van der Waals surface area contributed by atoms with E-state index >= 15 is 0 Å². The highest BCUT2D eigenvalue weighted by Gasteiger charge is 2.51. The summed E-state index contributed by atoms with van der Waals surface area (Å²) in [6.07, 6.45) is 1.89. The van der Waals surface area contributed by atoms with Gasteiger partial charge in [-0.3, -0.25) is 14.9 Å². The van der Waals surface area contributed by atoms with Gasteiger partial charge in [0, 0.05) is 38.0 Å². The number of benzene rings is 3. The lowest BCUT2D eigenvalue weighted by Gasteiger charge is -2.44. The maximum atomic E-state index is 13.6. The highest BCUT2D eigenvalue weighted by atomic mass is 19.1. The number of carbonyl (C=O) groups excluding carboxylic acids is 2. The molecule has 3 aromatic carbocycles. The van der Waals surface area contributed by atoms with Gasteiger partial charge >= 0.3 is 0 Å². The van der Waals surface area contributed by atoms with E-state index < -0.39 is 5.66 Å². The zero-order valence-electron chi connectivity index (χ0n) is 19.0. The minimum atomic E-state index is -0.529. The lowest BCUT2D eigenvalue weighted by molar-refractivity contribution is -0.134. The lowest BCUT2D eigenvalue weighted by Crippen LogP contribution is -2.59. The van der Waals surface area contributed by atoms with Crippen LogP contribution in [0.1, 0.15) is 34.3 Å². The summed E-state index contributed by atoms with van der Waals surface area (Å²) in [5, 5.41) is 3.65. The molecule has 5 nitrogen and oxygen atoms in total. The second-order valence-electron chi connectivity index (χ2n) is 9.13. The van der Waals surface area contributed by atoms with Crippen molar-refractivity contribution in [2.45, 2.75) is 37.5 Å². The molecule has 2 aliphatic heterocycles. The van der Waals surface area contributed by atoms with Gasteiger partial charge in [0.1, 0.15) is 5.82 Å². The Kier molecular flexibility index (Phi) is 6.16. The number of nitrogens with zero attached hydrogens (tertiary/aromatic N) is 2. The number of hydrogen-bond donors (Lipinski definition) is 1. The summed E-state index contributed by atoms with van der Waals surface area (Å²) in [5.74, 6) is -0.222. The van der Waals surface area contributed by atoms with Crippen LogP contribution in [0.15, 0.2) is 84.9 Å². The van der Waals surface area contributed by atoms with Gasteiger partial charge in [-0.2, -0.15) is 0 Å². The highest BCUT2D eigenvalue weighted by molar-refractivity contribution is 5.94. The molecule has 6 heteroatoms. The average molecular weight is 458 g/mol. The molecular formula is C28H28FN3O2. The van der Waals surface area contributed by atoms with Gasteiger partial charge in [0.2, 0.25) is 5.91 Å². The van der Waals surface area contributed by atoms with Crippen molar-refractivity contribution in [3.63, 3.8) is 0 Å². The molecule has 1 N–H and O–H groups in total. The SMILES string of the molecule is O=C(c1ccccc1)N1CCC2(CC1)NC(Cc1ccccc1)C(=O)N2Cc1ccc(F)cc1. The molecule has 1 spiro atoms. The van der Waals surface area contributed by atoms with Crippen molar-refractivity contribution in [2.24, 2.45) is 0 Å². The Balaban J connectivity index is 1.37. The van der Waals surface area contributed by atoms with Crippen molar-refractivity contribution in [1.29, 1.82) is 0 Å². The normalized spacial score (nSPS) is 19.6. The largest absolute Gasteiger partial charge is 0.338 e. The Morgan fingerprint density at radius 2 is 1.50 bits per heavy atom. The first-order valence-electron chi connectivity index (χ1n) is 11.8. The Bertz CT molecular complexity index is 1140. The van der Waals surface area contributed by atoms with Crippen LogP contribution in [0.5, 0.6) is 0 Å². The maximum Gasteiger partial charge on any atom is 0.253 e. The van der Waals surface area contributed by atoms with Gasteiger partial charge in [0.05, 0.1) is 11.7 Å². The van der Waals surface area contributed by atoms with Crippen molar-refractivity contribution in [2.75, 3.05) is 13.1 Å². The molecule has 0 aliphatic carbocycles. The summed E-state index contributed by atoms with van der Waals surface area (Å²) in [4.78, 5) is 30.4. The van der Waals surface area contributed by atoms with Gasteiger partial charge in [-0.05, 0) is 41.8 Å². The molecule has 3 aromatic rings. The van der Waals surface area contributed by atoms with Gasteiger partial charge < -0.3 is 9.80 Å². The van der Waals surface area contributed by atoms with Crippen LogP contribution < -0.4 is 5.32 Å². The van der Waals surface area contributed by atoms with Crippen LogP contribution in [0.25, 0.3) is 0 Å². The molecule has 2 fully saturated rings. The fraction of sp³-hybridized carbons (Fsp3) is 0.286. The van der Waals surface area contributed by atoms with Gasteiger partial charge in [-0.25, -0.2) is 4.39 Å². The summed E-state index contributed by atoms with van der Waals surface area (Å²) in [5.41, 5.74) is 2.14. The number of amides is 2. The van der Waals surface area contributed by atoms with Crippen LogP contribution in [-0.4, -0.2) is 46.4 Å². The third kappa shape index (κ3) is 4.46. The lowest BCUT2D eigenvalue weighted by atomic mass is 9.94. The number of hydrogen-bond acceptors (Lipinski definition) is 3. The Labute approximate surface area is 199 Å². The monoisotopic (exact) mass is 457 g/mol. The first-order valence-corrected chi connectivity index (χ1v) is 11.8. The fourth-order valence-electron chi connectivity index (χ4n) is 5.11. The number of likely N-dealkylation sites (tertiary alicyclic amines) is 1. The quantitative estimate of drug-likeness (QED) is 0.630. The minimum Gasteiger partial charge on any atom is -0.338 e. The molecule has 2 aliphatic rings. The predicted octanol–water partition coefficient (Wildman–Crippen LogP) is 4.00. The summed E-state index contributed by atoms with van der Waals surface area (Å²) >= 11 is 0. The Hall–Kier alpha value is -3.51. The minimum absolute atomic E-state index is 0.0192. The summed E-state index contributed by atoms with van der Waals surface area (Å²) in [6.45, 7) is 1.53. The molecule has 2 saturated heterocycles. The van der Waals surface area contributed by atoms with E-state index in [1.54, 1.807) is 12.1 Å². The molecule has 34 heavy (non-hydrogen) atoms. The third-order valence-corrected chi connectivity index (χ3v) is 6.96. The van der Waals surface area contributed by atoms with E-state index in [0.29, 0.717) is 44.5 Å². The number of nitrogens with one attached hydrogen (secondary N) is 1. The summed E-state index contributed by atoms with van der Waals surface area (Å²) in [7, 11) is 0. The van der Waals surface area contributed by atoms with Crippen molar-refractivity contribution in [3.05, 3.63) is 107 Å². The van der Waals surface area contributed by atoms with Crippen LogP contribution >= 0.6 is 0 Å². The van der Waals surface area contributed by atoms with E-state index in [4.69, 9.17) is 0 Å². The van der Waals surface area contributed by atoms with Gasteiger partial charge in [-0.1, -0.05) is 60.7 Å². The van der Waals surface area contributed by atoms with Crippen molar-refractivity contribution < 1.29 is 14.0 Å². The van der Waals surface area contributed by atoms with E-state index in [1.165, 1.54) is 12.1 Å². The fourth-order valence-corrected chi connectivity index (χ4v) is 5.11. The number of rotatable bonds is 5. The van der Waals surface area contributed by atoms with Crippen LogP contribution in [-0.2, 0) is 17.8 Å². The average Bonchev–Trinajstić information content (AvgIpc) is 3.11. The van der Waals surface area contributed by atoms with E-state index in [0.717, 1.165) is 11.1 Å². The second kappa shape index (κ2) is 9.39. The van der Waals surface area contributed by atoms with Crippen molar-refractivity contribution >= 4 is 11.8 Å². The van der Waals surface area contributed by atoms with Gasteiger partial charge in [0.15, 0.2) is 0 Å². The maximum absolute atomic E-state index is 13.6. The molecule has 1 unspecified atom stereocenters. The van der Waals surface area contributed by atoms with E-state index in [9.17, 15) is 14.0 Å². The molecule has 0 aromatic heterocycles. The van der Waals surface area contributed by atoms with E-state index in [-0.39, 0.29) is 23.7 Å². The zero-order valence-corrected chi connectivity index (χ0v) is 19.0. The molecular weight excluding hydrogens is 429 g/mol. The topological polar surface area (TPSA) is 52.7 Å². The molecule has 0 bridgehead atoms. The summed E-state index contributed by atoms with van der Waals surface area (Å²) in [6, 6.07) is 25.3. The summed E-state index contributed by atoms with van der Waals surface area (Å²) < 4.78 is 13.5. The smallest absolute Gasteiger partial charge is 0.253 e. The van der Waals surface area contributed by atoms with E-state index in [2.05, 4.69) is 5.32 Å². The van der Waals surface area contributed by atoms with Crippen LogP contribution in [0, 0.1) is 5.82 Å². The first-order chi connectivity index (χ1) is 16.5. The molecule has 174 valence electrons.